The highest BCUT2D eigenvalue weighted by molar-refractivity contribution is 7.14. The van der Waals surface area contributed by atoms with Crippen molar-refractivity contribution < 1.29 is 9.59 Å². The van der Waals surface area contributed by atoms with Gasteiger partial charge in [-0.15, -0.1) is 11.3 Å². The molecular weight excluding hydrogens is 384 g/mol. The molecule has 0 bridgehead atoms. The van der Waals surface area contributed by atoms with Crippen LogP contribution in [0, 0.1) is 18.3 Å². The standard InChI is InChI=1S/C22H30N4O2S/c1-14-5-7-16(8-6-14)24-20(28)26-21-25-18(13-29-21)10-19(27)23-17-9-15(2)11-22(3,4)12-17/h5-8,13,15,17H,9-12H2,1-4H3,(H,23,27)(H2,24,25,26,28). The van der Waals surface area contributed by atoms with Gasteiger partial charge in [0.1, 0.15) is 0 Å². The Morgan fingerprint density at radius 1 is 1.17 bits per heavy atom. The molecule has 1 aliphatic rings. The Morgan fingerprint density at radius 3 is 2.59 bits per heavy atom. The summed E-state index contributed by atoms with van der Waals surface area (Å²) in [4.78, 5) is 28.9. The van der Waals surface area contributed by atoms with Crippen LogP contribution in [-0.4, -0.2) is 23.0 Å². The molecule has 3 rings (SSSR count). The van der Waals surface area contributed by atoms with Crippen LogP contribution in [0.5, 0.6) is 0 Å². The summed E-state index contributed by atoms with van der Waals surface area (Å²) in [6, 6.07) is 7.43. The monoisotopic (exact) mass is 414 g/mol. The van der Waals surface area contributed by atoms with E-state index in [1.54, 1.807) is 0 Å². The summed E-state index contributed by atoms with van der Waals surface area (Å²) in [7, 11) is 0. The van der Waals surface area contributed by atoms with Crippen LogP contribution in [-0.2, 0) is 11.2 Å². The van der Waals surface area contributed by atoms with Gasteiger partial charge in [-0.2, -0.15) is 0 Å². The molecule has 1 heterocycles. The first-order chi connectivity index (χ1) is 13.7. The van der Waals surface area contributed by atoms with Crippen molar-refractivity contribution in [3.63, 3.8) is 0 Å². The summed E-state index contributed by atoms with van der Waals surface area (Å²) in [6.45, 7) is 8.77. The largest absolute Gasteiger partial charge is 0.353 e. The van der Waals surface area contributed by atoms with Gasteiger partial charge in [0.15, 0.2) is 5.13 Å². The number of carbonyl (C=O) groups is 2. The minimum Gasteiger partial charge on any atom is -0.353 e. The molecule has 1 aliphatic carbocycles. The van der Waals surface area contributed by atoms with Gasteiger partial charge in [0.05, 0.1) is 12.1 Å². The first-order valence-corrected chi connectivity index (χ1v) is 10.9. The van der Waals surface area contributed by atoms with Crippen LogP contribution < -0.4 is 16.0 Å². The van der Waals surface area contributed by atoms with Gasteiger partial charge in [-0.25, -0.2) is 9.78 Å². The van der Waals surface area contributed by atoms with Gasteiger partial charge >= 0.3 is 6.03 Å². The zero-order valence-electron chi connectivity index (χ0n) is 17.5. The van der Waals surface area contributed by atoms with E-state index in [0.717, 1.165) is 18.4 Å². The topological polar surface area (TPSA) is 83.1 Å². The van der Waals surface area contributed by atoms with Gasteiger partial charge in [-0.3, -0.25) is 10.1 Å². The number of hydrogen-bond acceptors (Lipinski definition) is 4. The Bertz CT molecular complexity index is 860. The van der Waals surface area contributed by atoms with E-state index < -0.39 is 0 Å². The first kappa shape index (κ1) is 21.3. The highest BCUT2D eigenvalue weighted by Gasteiger charge is 2.32. The number of urea groups is 1. The number of aromatic nitrogens is 1. The lowest BCUT2D eigenvalue weighted by Gasteiger charge is -2.39. The summed E-state index contributed by atoms with van der Waals surface area (Å²) in [6.07, 6.45) is 3.46. The van der Waals surface area contributed by atoms with E-state index in [2.05, 4.69) is 41.7 Å². The molecule has 2 aromatic rings. The van der Waals surface area contributed by atoms with Crippen molar-refractivity contribution in [2.45, 2.75) is 59.4 Å². The number of thiazole rings is 1. The first-order valence-electron chi connectivity index (χ1n) is 10.1. The lowest BCUT2D eigenvalue weighted by molar-refractivity contribution is -0.121. The fourth-order valence-corrected chi connectivity index (χ4v) is 4.95. The Labute approximate surface area is 176 Å². The second-order valence-corrected chi connectivity index (χ2v) is 9.80. The van der Waals surface area contributed by atoms with Crippen LogP contribution in [0.1, 0.15) is 51.3 Å². The third-order valence-electron chi connectivity index (χ3n) is 5.18. The van der Waals surface area contributed by atoms with Crippen molar-refractivity contribution in [2.24, 2.45) is 11.3 Å². The van der Waals surface area contributed by atoms with Gasteiger partial charge in [0.25, 0.3) is 0 Å². The maximum absolute atomic E-state index is 12.5. The molecule has 6 nitrogen and oxygen atoms in total. The van der Waals surface area contributed by atoms with Gasteiger partial charge in [0, 0.05) is 17.1 Å². The summed E-state index contributed by atoms with van der Waals surface area (Å²) >= 11 is 1.32. The number of hydrogen-bond donors (Lipinski definition) is 3. The Balaban J connectivity index is 1.48. The van der Waals surface area contributed by atoms with E-state index in [1.807, 2.05) is 36.6 Å². The van der Waals surface area contributed by atoms with Crippen molar-refractivity contribution in [3.05, 3.63) is 40.9 Å². The number of amides is 3. The van der Waals surface area contributed by atoms with E-state index in [1.165, 1.54) is 17.8 Å². The Hall–Kier alpha value is -2.41. The number of rotatable bonds is 5. The molecule has 29 heavy (non-hydrogen) atoms. The van der Waals surface area contributed by atoms with Crippen LogP contribution >= 0.6 is 11.3 Å². The van der Waals surface area contributed by atoms with Gasteiger partial charge in [-0.05, 0) is 49.7 Å². The maximum atomic E-state index is 12.5. The molecule has 1 aromatic heterocycles. The van der Waals surface area contributed by atoms with Crippen molar-refractivity contribution in [1.82, 2.24) is 10.3 Å². The predicted octanol–water partition coefficient (Wildman–Crippen LogP) is 4.97. The lowest BCUT2D eigenvalue weighted by Crippen LogP contribution is -2.43. The van der Waals surface area contributed by atoms with Crippen LogP contribution in [0.4, 0.5) is 15.6 Å². The van der Waals surface area contributed by atoms with Gasteiger partial charge < -0.3 is 10.6 Å². The minimum atomic E-state index is -0.349. The number of nitrogens with one attached hydrogen (secondary N) is 3. The highest BCUT2D eigenvalue weighted by atomic mass is 32.1. The maximum Gasteiger partial charge on any atom is 0.325 e. The summed E-state index contributed by atoms with van der Waals surface area (Å²) in [5.41, 5.74) is 2.78. The molecule has 0 aliphatic heterocycles. The zero-order chi connectivity index (χ0) is 21.0. The van der Waals surface area contributed by atoms with Crippen LogP contribution in [0.15, 0.2) is 29.6 Å². The summed E-state index contributed by atoms with van der Waals surface area (Å²) in [5, 5.41) is 11.0. The number of anilines is 2. The third-order valence-corrected chi connectivity index (χ3v) is 5.98. The van der Waals surface area contributed by atoms with E-state index in [9.17, 15) is 9.59 Å². The van der Waals surface area contributed by atoms with E-state index in [0.29, 0.717) is 22.4 Å². The van der Waals surface area contributed by atoms with Crippen molar-refractivity contribution in [1.29, 1.82) is 0 Å². The number of aryl methyl sites for hydroxylation is 1. The molecule has 3 N–H and O–H groups in total. The smallest absolute Gasteiger partial charge is 0.325 e. The van der Waals surface area contributed by atoms with Crippen LogP contribution in [0.25, 0.3) is 0 Å². The molecule has 2 unspecified atom stereocenters. The van der Waals surface area contributed by atoms with Crippen molar-refractivity contribution >= 4 is 34.1 Å². The van der Waals surface area contributed by atoms with E-state index in [4.69, 9.17) is 0 Å². The minimum absolute atomic E-state index is 0.0131. The molecule has 1 fully saturated rings. The summed E-state index contributed by atoms with van der Waals surface area (Å²) in [5.74, 6) is 0.604. The third kappa shape index (κ3) is 6.56. The molecule has 0 saturated heterocycles. The van der Waals surface area contributed by atoms with E-state index in [-0.39, 0.29) is 29.8 Å². The normalized spacial score (nSPS) is 20.7. The molecule has 0 spiro atoms. The summed E-state index contributed by atoms with van der Waals surface area (Å²) < 4.78 is 0. The average Bonchev–Trinajstić information content (AvgIpc) is 3.01. The molecule has 156 valence electrons. The molecular formula is C22H30N4O2S. The second-order valence-electron chi connectivity index (χ2n) is 8.94. The average molecular weight is 415 g/mol. The van der Waals surface area contributed by atoms with E-state index >= 15 is 0 Å². The lowest BCUT2D eigenvalue weighted by atomic mass is 9.70. The molecule has 1 aromatic carbocycles. The quantitative estimate of drug-likeness (QED) is 0.646. The molecule has 0 radical (unpaired) electrons. The zero-order valence-corrected chi connectivity index (χ0v) is 18.4. The Morgan fingerprint density at radius 2 is 1.90 bits per heavy atom. The number of nitrogens with zero attached hydrogens (tertiary/aromatic N) is 1. The Kier molecular flexibility index (Phi) is 6.57. The van der Waals surface area contributed by atoms with Crippen molar-refractivity contribution in [2.75, 3.05) is 10.6 Å². The van der Waals surface area contributed by atoms with Crippen LogP contribution in [0.3, 0.4) is 0 Å². The fourth-order valence-electron chi connectivity index (χ4n) is 4.24. The van der Waals surface area contributed by atoms with Crippen molar-refractivity contribution in [3.8, 4) is 0 Å². The van der Waals surface area contributed by atoms with Gasteiger partial charge in [0.2, 0.25) is 5.91 Å². The number of benzene rings is 1. The fraction of sp³-hybridized carbons (Fsp3) is 0.500. The van der Waals surface area contributed by atoms with Gasteiger partial charge in [-0.1, -0.05) is 38.5 Å². The second kappa shape index (κ2) is 8.95. The molecule has 1 saturated carbocycles. The molecule has 3 amide bonds. The predicted molar refractivity (Wildman–Crippen MR) is 118 cm³/mol. The van der Waals surface area contributed by atoms with Crippen LogP contribution in [0.2, 0.25) is 0 Å². The molecule has 2 atom stereocenters. The SMILES string of the molecule is Cc1ccc(NC(=O)Nc2nc(CC(=O)NC3CC(C)CC(C)(C)C3)cs2)cc1. The molecule has 7 heteroatoms. The number of carbonyl (C=O) groups excluding carboxylic acids is 2. The highest BCUT2D eigenvalue weighted by Crippen LogP contribution is 2.38.